The molecule has 0 aliphatic heterocycles. The molecule has 35 heavy (non-hydrogen) atoms. The van der Waals surface area contributed by atoms with Gasteiger partial charge in [0.05, 0.1) is 10.7 Å². The minimum absolute atomic E-state index is 0.0539. The lowest BCUT2D eigenvalue weighted by Gasteiger charge is -2.23. The molecule has 0 saturated heterocycles. The molecule has 0 unspecified atom stereocenters. The van der Waals surface area contributed by atoms with Gasteiger partial charge in [-0.2, -0.15) is 0 Å². The molecule has 0 fully saturated rings. The Morgan fingerprint density at radius 2 is 1.63 bits per heavy atom. The van der Waals surface area contributed by atoms with Crippen LogP contribution in [0.1, 0.15) is 0 Å². The fraction of sp³-hybridized carbons (Fsp3) is 0.0385. The van der Waals surface area contributed by atoms with E-state index in [1.54, 1.807) is 17.0 Å². The minimum Gasteiger partial charge on any atom is -0.411 e. The number of carbonyl (C=O) groups excluding carboxylic acids is 1. The molecule has 0 aliphatic rings. The first kappa shape index (κ1) is 22.3. The van der Waals surface area contributed by atoms with Gasteiger partial charge < -0.3 is 4.42 Å². The van der Waals surface area contributed by atoms with E-state index in [0.717, 1.165) is 33.9 Å². The number of amides is 1. The minimum atomic E-state index is -0.487. The molecule has 8 nitrogen and oxygen atoms in total. The highest BCUT2D eigenvalue weighted by atomic mass is 32.2. The second-order valence-corrected chi connectivity index (χ2v) is 8.49. The number of fused-ring (bicyclic) bond motifs is 1. The summed E-state index contributed by atoms with van der Waals surface area (Å²) < 4.78 is 5.65. The first-order chi connectivity index (χ1) is 17.1. The maximum absolute atomic E-state index is 13.4. The van der Waals surface area contributed by atoms with E-state index in [-0.39, 0.29) is 28.5 Å². The molecular weight excluding hydrogens is 464 g/mol. The normalized spacial score (nSPS) is 10.9. The van der Waals surface area contributed by atoms with Gasteiger partial charge in [-0.1, -0.05) is 66.4 Å². The third-order valence-electron chi connectivity index (χ3n) is 5.28. The summed E-state index contributed by atoms with van der Waals surface area (Å²) in [7, 11) is 0. The number of thioether (sulfide) groups is 1. The molecule has 0 atom stereocenters. The zero-order valence-electron chi connectivity index (χ0n) is 18.3. The Morgan fingerprint density at radius 1 is 0.857 bits per heavy atom. The summed E-state index contributed by atoms with van der Waals surface area (Å²) in [4.78, 5) is 25.6. The van der Waals surface area contributed by atoms with Crippen LogP contribution in [0, 0.1) is 10.1 Å². The molecule has 1 amide bonds. The lowest BCUT2D eigenvalue weighted by molar-refractivity contribution is -0.384. The van der Waals surface area contributed by atoms with Crippen LogP contribution >= 0.6 is 11.8 Å². The summed E-state index contributed by atoms with van der Waals surface area (Å²) in [6.45, 7) is 0. The van der Waals surface area contributed by atoms with E-state index in [9.17, 15) is 14.9 Å². The summed E-state index contributed by atoms with van der Waals surface area (Å²) in [6, 6.07) is 29.2. The van der Waals surface area contributed by atoms with Crippen molar-refractivity contribution in [2.45, 2.75) is 5.22 Å². The largest absolute Gasteiger partial charge is 0.411 e. The van der Waals surface area contributed by atoms with Crippen LogP contribution in [0.2, 0.25) is 0 Å². The van der Waals surface area contributed by atoms with Crippen LogP contribution in [0.25, 0.3) is 22.2 Å². The van der Waals surface area contributed by atoms with Crippen molar-refractivity contribution in [3.05, 3.63) is 107 Å². The summed E-state index contributed by atoms with van der Waals surface area (Å²) in [5.41, 5.74) is 1.87. The molecule has 0 bridgehead atoms. The number of rotatable bonds is 7. The van der Waals surface area contributed by atoms with Crippen molar-refractivity contribution in [2.75, 3.05) is 10.7 Å². The number of benzene rings is 4. The molecule has 0 saturated carbocycles. The molecule has 0 radical (unpaired) electrons. The highest BCUT2D eigenvalue weighted by molar-refractivity contribution is 7.99. The van der Waals surface area contributed by atoms with Gasteiger partial charge in [0.15, 0.2) is 0 Å². The number of nitrogens with zero attached hydrogens (tertiary/aromatic N) is 4. The van der Waals surface area contributed by atoms with Crippen molar-refractivity contribution in [1.29, 1.82) is 0 Å². The van der Waals surface area contributed by atoms with E-state index in [0.29, 0.717) is 5.56 Å². The molecule has 0 aliphatic carbocycles. The highest BCUT2D eigenvalue weighted by Gasteiger charge is 2.20. The third kappa shape index (κ3) is 4.90. The first-order valence-corrected chi connectivity index (χ1v) is 11.6. The van der Waals surface area contributed by atoms with Gasteiger partial charge in [-0.3, -0.25) is 19.8 Å². The van der Waals surface area contributed by atoms with Crippen LogP contribution in [-0.4, -0.2) is 26.8 Å². The van der Waals surface area contributed by atoms with Crippen molar-refractivity contribution in [3.63, 3.8) is 0 Å². The van der Waals surface area contributed by atoms with E-state index in [1.165, 1.54) is 12.1 Å². The predicted molar refractivity (Wildman–Crippen MR) is 135 cm³/mol. The second-order valence-electron chi connectivity index (χ2n) is 7.57. The van der Waals surface area contributed by atoms with Gasteiger partial charge in [-0.15, -0.1) is 10.2 Å². The molecule has 1 aromatic heterocycles. The maximum Gasteiger partial charge on any atom is 0.277 e. The fourth-order valence-corrected chi connectivity index (χ4v) is 4.27. The van der Waals surface area contributed by atoms with Gasteiger partial charge in [0.25, 0.3) is 10.9 Å². The average Bonchev–Trinajstić information content (AvgIpc) is 3.37. The van der Waals surface area contributed by atoms with Gasteiger partial charge in [-0.05, 0) is 41.1 Å². The van der Waals surface area contributed by atoms with Gasteiger partial charge in [0, 0.05) is 29.1 Å². The standard InChI is InChI=1S/C26H18N4O4S/c31-24(17-35-26-28-27-25(34-26)20-9-6-12-23(16-20)30(32)33)29(21-10-2-1-3-11-21)22-14-13-18-7-4-5-8-19(18)15-22/h1-16H,17H2. The van der Waals surface area contributed by atoms with Crippen LogP contribution in [0.3, 0.4) is 0 Å². The van der Waals surface area contributed by atoms with Crippen LogP contribution < -0.4 is 4.90 Å². The Labute approximate surface area is 204 Å². The molecular formula is C26H18N4O4S. The van der Waals surface area contributed by atoms with Crippen LogP contribution in [0.5, 0.6) is 0 Å². The second kappa shape index (κ2) is 9.78. The monoisotopic (exact) mass is 482 g/mol. The SMILES string of the molecule is O=C(CSc1nnc(-c2cccc([N+](=O)[O-])c2)o1)N(c1ccccc1)c1ccc2ccccc2c1. The molecule has 0 spiro atoms. The predicted octanol–water partition coefficient (Wildman–Crippen LogP) is 6.26. The summed E-state index contributed by atoms with van der Waals surface area (Å²) in [5.74, 6) is 0.0443. The summed E-state index contributed by atoms with van der Waals surface area (Å²) in [5, 5.41) is 21.3. The van der Waals surface area contributed by atoms with E-state index >= 15 is 0 Å². The van der Waals surface area contributed by atoms with Gasteiger partial charge in [0.1, 0.15) is 0 Å². The highest BCUT2D eigenvalue weighted by Crippen LogP contribution is 2.31. The number of hydrogen-bond acceptors (Lipinski definition) is 7. The maximum atomic E-state index is 13.4. The molecule has 172 valence electrons. The van der Waals surface area contributed by atoms with Crippen LogP contribution in [0.4, 0.5) is 17.1 Å². The molecule has 1 heterocycles. The Kier molecular flexibility index (Phi) is 6.23. The number of carbonyl (C=O) groups is 1. The van der Waals surface area contributed by atoms with E-state index in [2.05, 4.69) is 10.2 Å². The number of non-ortho nitro benzene ring substituents is 1. The lowest BCUT2D eigenvalue weighted by Crippen LogP contribution is -2.27. The average molecular weight is 483 g/mol. The Hall–Kier alpha value is -4.50. The number of hydrogen-bond donors (Lipinski definition) is 0. The Balaban J connectivity index is 1.37. The number of para-hydroxylation sites is 1. The smallest absolute Gasteiger partial charge is 0.277 e. The number of anilines is 2. The third-order valence-corrected chi connectivity index (χ3v) is 6.09. The molecule has 5 rings (SSSR count). The molecule has 5 aromatic rings. The van der Waals surface area contributed by atoms with E-state index in [1.807, 2.05) is 72.8 Å². The van der Waals surface area contributed by atoms with Gasteiger partial charge in [-0.25, -0.2) is 0 Å². The van der Waals surface area contributed by atoms with Crippen LogP contribution in [-0.2, 0) is 4.79 Å². The quantitative estimate of drug-likeness (QED) is 0.153. The zero-order chi connectivity index (χ0) is 24.2. The Bertz CT molecular complexity index is 1520. The topological polar surface area (TPSA) is 102 Å². The lowest BCUT2D eigenvalue weighted by atomic mass is 10.1. The van der Waals surface area contributed by atoms with Gasteiger partial charge in [0.2, 0.25) is 11.8 Å². The first-order valence-electron chi connectivity index (χ1n) is 10.7. The zero-order valence-corrected chi connectivity index (χ0v) is 19.1. The Morgan fingerprint density at radius 3 is 2.43 bits per heavy atom. The molecule has 9 heteroatoms. The summed E-state index contributed by atoms with van der Waals surface area (Å²) >= 11 is 1.11. The van der Waals surface area contributed by atoms with E-state index < -0.39 is 4.92 Å². The summed E-state index contributed by atoms with van der Waals surface area (Å²) in [6.07, 6.45) is 0. The number of aromatic nitrogens is 2. The molecule has 4 aromatic carbocycles. The van der Waals surface area contributed by atoms with Crippen molar-refractivity contribution in [2.24, 2.45) is 0 Å². The number of nitro benzene ring substituents is 1. The number of nitro groups is 1. The fourth-order valence-electron chi connectivity index (χ4n) is 3.66. The van der Waals surface area contributed by atoms with Crippen molar-refractivity contribution < 1.29 is 14.1 Å². The van der Waals surface area contributed by atoms with Crippen molar-refractivity contribution >= 4 is 45.5 Å². The van der Waals surface area contributed by atoms with Crippen molar-refractivity contribution in [3.8, 4) is 11.5 Å². The van der Waals surface area contributed by atoms with Gasteiger partial charge >= 0.3 is 0 Å². The van der Waals surface area contributed by atoms with Crippen LogP contribution in [0.15, 0.2) is 107 Å². The molecule has 0 N–H and O–H groups in total. The van der Waals surface area contributed by atoms with Crippen molar-refractivity contribution in [1.82, 2.24) is 10.2 Å². The van der Waals surface area contributed by atoms with E-state index in [4.69, 9.17) is 4.42 Å².